The van der Waals surface area contributed by atoms with E-state index >= 15 is 0 Å². The minimum absolute atomic E-state index is 0. The molecule has 0 unspecified atom stereocenters. The van der Waals surface area contributed by atoms with E-state index in [1.54, 1.807) is 0 Å². The second-order valence-corrected chi connectivity index (χ2v) is 3.67. The molecular weight excluding hydrogens is 347 g/mol. The zero-order valence-electron chi connectivity index (χ0n) is 6.44. The van der Waals surface area contributed by atoms with Gasteiger partial charge in [-0.2, -0.15) is 0 Å². The van der Waals surface area contributed by atoms with E-state index in [4.69, 9.17) is 52.6 Å². The minimum atomic E-state index is -5.17. The first-order valence-corrected chi connectivity index (χ1v) is 6.00. The molecule has 0 radical (unpaired) electrons. The van der Waals surface area contributed by atoms with E-state index in [0.29, 0.717) is 0 Å². The Morgan fingerprint density at radius 3 is 0.438 bits per heavy atom. The van der Waals surface area contributed by atoms with Crippen LogP contribution in [0.5, 0.6) is 0 Å². The van der Waals surface area contributed by atoms with Gasteiger partial charge >= 0.3 is 16.5 Å². The molecule has 0 heterocycles. The predicted molar refractivity (Wildman–Crippen MR) is 31.4 cm³/mol. The van der Waals surface area contributed by atoms with Crippen molar-refractivity contribution in [3.63, 3.8) is 0 Å². The molecule has 16 heavy (non-hydrogen) atoms. The van der Waals surface area contributed by atoms with Crippen molar-refractivity contribution in [1.82, 2.24) is 0 Å². The molecule has 0 aromatic rings. The molecule has 0 saturated heterocycles. The summed E-state index contributed by atoms with van der Waals surface area (Å²) in [6.45, 7) is 0. The fourth-order valence-electron chi connectivity index (χ4n) is 0. The Kier molecular flexibility index (Phi) is 14.4. The molecule has 0 rings (SSSR count). The number of hydrogen-bond donors (Lipinski definition) is 0. The maximum Gasteiger partial charge on any atom is 6.00 e. The van der Waals surface area contributed by atoms with Crippen LogP contribution in [0.1, 0.15) is 0 Å². The molecule has 12 nitrogen and oxygen atoms in total. The van der Waals surface area contributed by atoms with E-state index in [2.05, 4.69) is 0 Å². The summed E-state index contributed by atoms with van der Waals surface area (Å²) in [5.74, 6) is 0. The second-order valence-electron chi connectivity index (χ2n) is 1.22. The standard InChI is InChI=1S/Ni.3H2O4S/c;3*1-5(2,3)4/h;3*(H2,1,2,3,4)/q+6;;;/p-6. The largest absolute Gasteiger partial charge is 6.00 e. The van der Waals surface area contributed by atoms with Gasteiger partial charge in [0.25, 0.3) is 0 Å². The average Bonchev–Trinajstić information content (AvgIpc) is 1.41. The van der Waals surface area contributed by atoms with Gasteiger partial charge in [-0.25, -0.2) is 0 Å². The van der Waals surface area contributed by atoms with Crippen LogP contribution in [-0.2, 0) is 47.7 Å². The molecular formula is NiO12S3. The molecule has 0 saturated carbocycles. The molecule has 0 bridgehead atoms. The van der Waals surface area contributed by atoms with Crippen molar-refractivity contribution in [3.8, 4) is 0 Å². The summed E-state index contributed by atoms with van der Waals surface area (Å²) in [7, 11) is -15.5. The van der Waals surface area contributed by atoms with Crippen molar-refractivity contribution < 1.29 is 69.1 Å². The molecule has 0 aromatic carbocycles. The topological polar surface area (TPSA) is 241 Å². The van der Waals surface area contributed by atoms with Crippen LogP contribution in [0.25, 0.3) is 0 Å². The van der Waals surface area contributed by atoms with E-state index in [-0.39, 0.29) is 16.5 Å². The Bertz CT molecular complexity index is 337. The minimum Gasteiger partial charge on any atom is -0.759 e. The molecule has 0 N–H and O–H groups in total. The van der Waals surface area contributed by atoms with Crippen LogP contribution in [-0.4, -0.2) is 52.6 Å². The maximum absolute atomic E-state index is 8.52. The van der Waals surface area contributed by atoms with Crippen molar-refractivity contribution in [2.24, 2.45) is 0 Å². The third kappa shape index (κ3) is 226000. The van der Waals surface area contributed by atoms with Crippen LogP contribution in [0.4, 0.5) is 0 Å². The molecule has 100 valence electrons. The van der Waals surface area contributed by atoms with Gasteiger partial charge in [-0.1, -0.05) is 0 Å². The zero-order chi connectivity index (χ0) is 13.5. The van der Waals surface area contributed by atoms with E-state index in [1.807, 2.05) is 0 Å². The van der Waals surface area contributed by atoms with Crippen molar-refractivity contribution in [1.29, 1.82) is 0 Å². The smallest absolute Gasteiger partial charge is 0.759 e. The quantitative estimate of drug-likeness (QED) is 0.231. The Labute approximate surface area is 100 Å². The van der Waals surface area contributed by atoms with E-state index in [9.17, 15) is 0 Å². The first kappa shape index (κ1) is 25.1. The van der Waals surface area contributed by atoms with Crippen LogP contribution in [0.2, 0.25) is 0 Å². The third-order valence-corrected chi connectivity index (χ3v) is 0. The first-order chi connectivity index (χ1) is 6.00. The van der Waals surface area contributed by atoms with Crippen molar-refractivity contribution in [2.45, 2.75) is 0 Å². The first-order valence-electron chi connectivity index (χ1n) is 2.00. The van der Waals surface area contributed by atoms with Gasteiger partial charge in [0.15, 0.2) is 0 Å². The van der Waals surface area contributed by atoms with Crippen molar-refractivity contribution in [3.05, 3.63) is 0 Å². The summed E-state index contributed by atoms with van der Waals surface area (Å²) in [4.78, 5) is 0. The molecule has 0 aromatic heterocycles. The molecule has 16 heteroatoms. The van der Waals surface area contributed by atoms with Crippen molar-refractivity contribution in [2.75, 3.05) is 0 Å². The summed E-state index contributed by atoms with van der Waals surface area (Å²) in [5.41, 5.74) is 0. The van der Waals surface area contributed by atoms with Crippen LogP contribution in [0.15, 0.2) is 0 Å². The average molecular weight is 347 g/mol. The Balaban J connectivity index is -0.0000000655. The second kappa shape index (κ2) is 9.17. The van der Waals surface area contributed by atoms with Gasteiger partial charge in [0.2, 0.25) is 0 Å². The van der Waals surface area contributed by atoms with E-state index in [1.165, 1.54) is 0 Å². The van der Waals surface area contributed by atoms with Gasteiger partial charge in [-0.15, -0.1) is 0 Å². The Morgan fingerprint density at radius 1 is 0.438 bits per heavy atom. The number of hydrogen-bond acceptors (Lipinski definition) is 12. The fourth-order valence-corrected chi connectivity index (χ4v) is 0. The van der Waals surface area contributed by atoms with Gasteiger partial charge in [0.05, 0.1) is 0 Å². The van der Waals surface area contributed by atoms with Gasteiger partial charge in [0, 0.05) is 31.2 Å². The molecule has 0 aliphatic carbocycles. The van der Waals surface area contributed by atoms with Gasteiger partial charge in [-0.05, 0) is 0 Å². The summed E-state index contributed by atoms with van der Waals surface area (Å²) >= 11 is 0. The van der Waals surface area contributed by atoms with Crippen LogP contribution in [0, 0.1) is 0 Å². The molecule has 0 aliphatic rings. The molecule has 0 fully saturated rings. The Hall–Kier alpha value is 0.104. The van der Waals surface area contributed by atoms with Gasteiger partial charge in [-0.3, -0.25) is 25.3 Å². The SMILES string of the molecule is O=S(=O)([O-])[O-].O=S(=O)([O-])[O-].O=S(=O)([O-])[O-].[Ni+6]. The molecule has 0 amide bonds. The summed E-state index contributed by atoms with van der Waals surface area (Å²) in [6, 6.07) is 0. The van der Waals surface area contributed by atoms with Gasteiger partial charge in [0.1, 0.15) is 0 Å². The van der Waals surface area contributed by atoms with E-state index in [0.717, 1.165) is 0 Å². The predicted octanol–water partition coefficient (Wildman–Crippen LogP) is -4.02. The molecule has 0 spiro atoms. The molecule has 0 aliphatic heterocycles. The summed E-state index contributed by atoms with van der Waals surface area (Å²) in [6.07, 6.45) is 0. The molecule has 0 atom stereocenters. The van der Waals surface area contributed by atoms with Crippen molar-refractivity contribution >= 4 is 31.2 Å². The van der Waals surface area contributed by atoms with Crippen LogP contribution >= 0.6 is 0 Å². The van der Waals surface area contributed by atoms with Crippen LogP contribution < -0.4 is 0 Å². The summed E-state index contributed by atoms with van der Waals surface area (Å²) in [5, 5.41) is 0. The van der Waals surface area contributed by atoms with Crippen LogP contribution in [0.3, 0.4) is 0 Å². The normalized spacial score (nSPS) is 10.9. The monoisotopic (exact) mass is 346 g/mol. The summed E-state index contributed by atoms with van der Waals surface area (Å²) < 4.78 is 102. The fraction of sp³-hybridized carbons (Fsp3) is 0. The number of rotatable bonds is 0. The van der Waals surface area contributed by atoms with Gasteiger partial charge < -0.3 is 27.3 Å². The maximum atomic E-state index is 8.52. The Morgan fingerprint density at radius 2 is 0.438 bits per heavy atom. The van der Waals surface area contributed by atoms with E-state index < -0.39 is 31.2 Å². The zero-order valence-corrected chi connectivity index (χ0v) is 9.88. The third-order valence-electron chi connectivity index (χ3n) is 0.